The van der Waals surface area contributed by atoms with E-state index in [0.29, 0.717) is 11.3 Å². The first-order valence-electron chi connectivity index (χ1n) is 5.32. The first-order chi connectivity index (χ1) is 8.11. The van der Waals surface area contributed by atoms with Crippen LogP contribution in [0.5, 0.6) is 5.75 Å². The van der Waals surface area contributed by atoms with Crippen molar-refractivity contribution in [1.82, 2.24) is 0 Å². The molecule has 0 aromatic heterocycles. The molecular formula is C14H14FNO. The smallest absolute Gasteiger partial charge is 0.133 e. The number of anilines is 1. The van der Waals surface area contributed by atoms with Crippen molar-refractivity contribution < 1.29 is 9.13 Å². The van der Waals surface area contributed by atoms with E-state index in [1.54, 1.807) is 19.2 Å². The third-order valence-electron chi connectivity index (χ3n) is 2.72. The lowest BCUT2D eigenvalue weighted by molar-refractivity contribution is 0.414. The largest absolute Gasteiger partial charge is 0.497 e. The minimum atomic E-state index is -0.307. The Hall–Kier alpha value is -2.03. The molecule has 0 fully saturated rings. The van der Waals surface area contributed by atoms with E-state index in [4.69, 9.17) is 10.5 Å². The summed E-state index contributed by atoms with van der Waals surface area (Å²) >= 11 is 0. The highest BCUT2D eigenvalue weighted by Gasteiger charge is 2.08. The molecule has 2 nitrogen and oxygen atoms in total. The first kappa shape index (κ1) is 11.5. The number of halogens is 1. The number of hydrogen-bond donors (Lipinski definition) is 1. The molecule has 88 valence electrons. The maximum Gasteiger partial charge on any atom is 0.133 e. The first-order valence-corrected chi connectivity index (χ1v) is 5.32. The van der Waals surface area contributed by atoms with Gasteiger partial charge in [0.2, 0.25) is 0 Å². The predicted molar refractivity (Wildman–Crippen MR) is 67.5 cm³/mol. The van der Waals surface area contributed by atoms with Crippen molar-refractivity contribution in [3.05, 3.63) is 47.8 Å². The zero-order valence-corrected chi connectivity index (χ0v) is 9.83. The standard InChI is InChI=1S/C14H14FNO/c1-9-7-11(17-2)4-6-12(9)13-5-3-10(16)8-14(13)15/h3-8H,16H2,1-2H3. The number of hydrogen-bond acceptors (Lipinski definition) is 2. The Morgan fingerprint density at radius 3 is 2.35 bits per heavy atom. The van der Waals surface area contributed by atoms with Gasteiger partial charge in [-0.3, -0.25) is 0 Å². The zero-order chi connectivity index (χ0) is 12.4. The quantitative estimate of drug-likeness (QED) is 0.804. The van der Waals surface area contributed by atoms with Gasteiger partial charge in [-0.25, -0.2) is 4.39 Å². The highest BCUT2D eigenvalue weighted by Crippen LogP contribution is 2.29. The summed E-state index contributed by atoms with van der Waals surface area (Å²) in [5.41, 5.74) is 8.33. The normalized spacial score (nSPS) is 10.3. The van der Waals surface area contributed by atoms with Gasteiger partial charge in [0, 0.05) is 11.3 Å². The number of rotatable bonds is 2. The maximum atomic E-state index is 13.8. The molecule has 0 aliphatic heterocycles. The second-order valence-electron chi connectivity index (χ2n) is 3.92. The van der Waals surface area contributed by atoms with Crippen LogP contribution in [0.2, 0.25) is 0 Å². The van der Waals surface area contributed by atoms with Gasteiger partial charge in [0.15, 0.2) is 0 Å². The Labute approximate surface area is 99.8 Å². The molecule has 0 bridgehead atoms. The van der Waals surface area contributed by atoms with Gasteiger partial charge in [-0.15, -0.1) is 0 Å². The number of ether oxygens (including phenoxy) is 1. The minimum absolute atomic E-state index is 0.307. The van der Waals surface area contributed by atoms with E-state index < -0.39 is 0 Å². The number of methoxy groups -OCH3 is 1. The average Bonchev–Trinajstić information content (AvgIpc) is 2.30. The average molecular weight is 231 g/mol. The van der Waals surface area contributed by atoms with Crippen molar-refractivity contribution >= 4 is 5.69 Å². The van der Waals surface area contributed by atoms with Crippen molar-refractivity contribution in [1.29, 1.82) is 0 Å². The van der Waals surface area contributed by atoms with Crippen LogP contribution in [0.3, 0.4) is 0 Å². The fraction of sp³-hybridized carbons (Fsp3) is 0.143. The summed E-state index contributed by atoms with van der Waals surface area (Å²) in [6, 6.07) is 10.3. The van der Waals surface area contributed by atoms with Crippen molar-refractivity contribution in [3.8, 4) is 16.9 Å². The Bertz CT molecular complexity index is 552. The molecule has 0 radical (unpaired) electrons. The van der Waals surface area contributed by atoms with Gasteiger partial charge in [0.25, 0.3) is 0 Å². The number of nitrogen functional groups attached to an aromatic ring is 1. The van der Waals surface area contributed by atoms with Gasteiger partial charge >= 0.3 is 0 Å². The predicted octanol–water partition coefficient (Wildman–Crippen LogP) is 3.39. The van der Waals surface area contributed by atoms with Crippen molar-refractivity contribution in [2.75, 3.05) is 12.8 Å². The van der Waals surface area contributed by atoms with E-state index in [1.165, 1.54) is 6.07 Å². The van der Waals surface area contributed by atoms with Crippen LogP contribution in [0, 0.1) is 12.7 Å². The fourth-order valence-electron chi connectivity index (χ4n) is 1.82. The topological polar surface area (TPSA) is 35.2 Å². The van der Waals surface area contributed by atoms with Gasteiger partial charge in [-0.1, -0.05) is 6.07 Å². The van der Waals surface area contributed by atoms with Crippen LogP contribution >= 0.6 is 0 Å². The summed E-state index contributed by atoms with van der Waals surface area (Å²) in [5, 5.41) is 0. The number of benzene rings is 2. The Morgan fingerprint density at radius 1 is 1.06 bits per heavy atom. The Kier molecular flexibility index (Phi) is 3.00. The van der Waals surface area contributed by atoms with Crippen LogP contribution in [0.4, 0.5) is 10.1 Å². The molecule has 2 N–H and O–H groups in total. The third-order valence-corrected chi connectivity index (χ3v) is 2.72. The summed E-state index contributed by atoms with van der Waals surface area (Å²) in [6.07, 6.45) is 0. The second kappa shape index (κ2) is 4.45. The summed E-state index contributed by atoms with van der Waals surface area (Å²) < 4.78 is 18.9. The van der Waals surface area contributed by atoms with Crippen molar-refractivity contribution in [2.45, 2.75) is 6.92 Å². The Balaban J connectivity index is 2.53. The lowest BCUT2D eigenvalue weighted by Crippen LogP contribution is -1.92. The molecule has 17 heavy (non-hydrogen) atoms. The SMILES string of the molecule is COc1ccc(-c2ccc(N)cc2F)c(C)c1. The molecule has 2 rings (SSSR count). The van der Waals surface area contributed by atoms with Gasteiger partial charge in [-0.2, -0.15) is 0 Å². The zero-order valence-electron chi connectivity index (χ0n) is 9.83. The van der Waals surface area contributed by atoms with Crippen LogP contribution in [0.1, 0.15) is 5.56 Å². The van der Waals surface area contributed by atoms with Crippen LogP contribution < -0.4 is 10.5 Å². The van der Waals surface area contributed by atoms with Gasteiger partial charge in [-0.05, 0) is 48.4 Å². The molecule has 0 aliphatic carbocycles. The molecule has 2 aromatic carbocycles. The Morgan fingerprint density at radius 2 is 1.76 bits per heavy atom. The van der Waals surface area contributed by atoms with E-state index in [2.05, 4.69) is 0 Å². The van der Waals surface area contributed by atoms with Gasteiger partial charge < -0.3 is 10.5 Å². The fourth-order valence-corrected chi connectivity index (χ4v) is 1.82. The highest BCUT2D eigenvalue weighted by atomic mass is 19.1. The maximum absolute atomic E-state index is 13.8. The summed E-state index contributed by atoms with van der Waals surface area (Å²) in [4.78, 5) is 0. The monoisotopic (exact) mass is 231 g/mol. The molecule has 0 unspecified atom stereocenters. The molecule has 3 heteroatoms. The van der Waals surface area contributed by atoms with E-state index >= 15 is 0 Å². The van der Waals surface area contributed by atoms with Crippen LogP contribution in [0.15, 0.2) is 36.4 Å². The molecular weight excluding hydrogens is 217 g/mol. The van der Waals surface area contributed by atoms with Crippen LogP contribution in [0.25, 0.3) is 11.1 Å². The third kappa shape index (κ3) is 2.23. The van der Waals surface area contributed by atoms with E-state index in [9.17, 15) is 4.39 Å². The molecule has 0 heterocycles. The van der Waals surface area contributed by atoms with Crippen LogP contribution in [-0.4, -0.2) is 7.11 Å². The molecule has 2 aromatic rings. The van der Waals surface area contributed by atoms with Gasteiger partial charge in [0.05, 0.1) is 7.11 Å². The number of nitrogens with two attached hydrogens (primary N) is 1. The van der Waals surface area contributed by atoms with E-state index in [0.717, 1.165) is 16.9 Å². The summed E-state index contributed by atoms with van der Waals surface area (Å²) in [7, 11) is 1.61. The molecule has 0 spiro atoms. The molecule has 0 saturated carbocycles. The van der Waals surface area contributed by atoms with Crippen molar-refractivity contribution in [3.63, 3.8) is 0 Å². The van der Waals surface area contributed by atoms with E-state index in [1.807, 2.05) is 25.1 Å². The van der Waals surface area contributed by atoms with Gasteiger partial charge in [0.1, 0.15) is 11.6 Å². The second-order valence-corrected chi connectivity index (χ2v) is 3.92. The molecule has 0 amide bonds. The van der Waals surface area contributed by atoms with Crippen LogP contribution in [-0.2, 0) is 0 Å². The number of aryl methyl sites for hydroxylation is 1. The lowest BCUT2D eigenvalue weighted by atomic mass is 9.99. The molecule has 0 atom stereocenters. The molecule has 0 saturated heterocycles. The lowest BCUT2D eigenvalue weighted by Gasteiger charge is -2.09. The summed E-state index contributed by atoms with van der Waals surface area (Å²) in [5.74, 6) is 0.459. The van der Waals surface area contributed by atoms with Crippen molar-refractivity contribution in [2.24, 2.45) is 0 Å². The minimum Gasteiger partial charge on any atom is -0.497 e. The molecule has 0 aliphatic rings. The summed E-state index contributed by atoms with van der Waals surface area (Å²) in [6.45, 7) is 1.92. The highest BCUT2D eigenvalue weighted by molar-refractivity contribution is 5.70. The van der Waals surface area contributed by atoms with E-state index in [-0.39, 0.29) is 5.82 Å².